The molecule has 5 rings (SSSR count). The Morgan fingerprint density at radius 3 is 2.16 bits per heavy atom. The van der Waals surface area contributed by atoms with Gasteiger partial charge in [0.05, 0.1) is 11.5 Å². The normalized spacial score (nSPS) is 14.1. The third-order valence-corrected chi connectivity index (χ3v) is 10.9. The lowest BCUT2D eigenvalue weighted by molar-refractivity contribution is -0.142. The number of thiophene rings is 1. The van der Waals surface area contributed by atoms with Gasteiger partial charge in [-0.1, -0.05) is 89.8 Å². The number of amides is 1. The van der Waals surface area contributed by atoms with Gasteiger partial charge in [0.2, 0.25) is 5.91 Å². The highest BCUT2D eigenvalue weighted by molar-refractivity contribution is 7.14. The summed E-state index contributed by atoms with van der Waals surface area (Å²) >= 11 is 1.55. The predicted molar refractivity (Wildman–Crippen MR) is 205 cm³/mol. The number of ketones is 1. The van der Waals surface area contributed by atoms with E-state index in [1.807, 2.05) is 78.0 Å². The van der Waals surface area contributed by atoms with E-state index in [2.05, 4.69) is 56.7 Å². The average Bonchev–Trinajstić information content (AvgIpc) is 3.60. The Labute approximate surface area is 303 Å². The van der Waals surface area contributed by atoms with E-state index in [9.17, 15) is 9.59 Å². The van der Waals surface area contributed by atoms with Gasteiger partial charge in [-0.25, -0.2) is 9.97 Å². The highest BCUT2D eigenvalue weighted by Crippen LogP contribution is 2.32. The topological polar surface area (TPSA) is 75.6 Å². The van der Waals surface area contributed by atoms with Crippen LogP contribution in [-0.4, -0.2) is 71.8 Å². The van der Waals surface area contributed by atoms with Crippen LogP contribution in [0, 0.1) is 11.8 Å². The Bertz CT molecular complexity index is 1670. The molecule has 0 bridgehead atoms. The van der Waals surface area contributed by atoms with Crippen molar-refractivity contribution < 1.29 is 14.3 Å². The third kappa shape index (κ3) is 10.3. The van der Waals surface area contributed by atoms with Gasteiger partial charge in [-0.3, -0.25) is 9.59 Å². The minimum Gasteiger partial charge on any atom is -0.494 e. The van der Waals surface area contributed by atoms with Crippen molar-refractivity contribution in [2.24, 2.45) is 11.8 Å². The van der Waals surface area contributed by atoms with Gasteiger partial charge in [-0.2, -0.15) is 0 Å². The van der Waals surface area contributed by atoms with Crippen LogP contribution in [0.25, 0.3) is 22.5 Å². The van der Waals surface area contributed by atoms with Crippen molar-refractivity contribution >= 4 is 23.0 Å². The van der Waals surface area contributed by atoms with Crippen LogP contribution in [0.4, 0.5) is 0 Å². The van der Waals surface area contributed by atoms with Gasteiger partial charge in [0.25, 0.3) is 0 Å². The molecule has 0 unspecified atom stereocenters. The Kier molecular flexibility index (Phi) is 13.0. The number of hydrogen-bond acceptors (Lipinski definition) is 7. The van der Waals surface area contributed by atoms with Crippen LogP contribution in [0.15, 0.2) is 73.1 Å². The van der Waals surface area contributed by atoms with Crippen molar-refractivity contribution in [3.8, 4) is 28.3 Å². The van der Waals surface area contributed by atoms with E-state index in [0.717, 1.165) is 65.5 Å². The number of rotatable bonds is 17. The molecule has 50 heavy (non-hydrogen) atoms. The average molecular weight is 695 g/mol. The fourth-order valence-corrected chi connectivity index (χ4v) is 7.45. The second-order valence-corrected chi connectivity index (χ2v) is 16.2. The van der Waals surface area contributed by atoms with Crippen LogP contribution < -0.4 is 4.74 Å². The second-order valence-electron chi connectivity index (χ2n) is 15.1. The first kappa shape index (κ1) is 37.4. The van der Waals surface area contributed by atoms with E-state index in [0.29, 0.717) is 18.2 Å². The molecule has 1 saturated heterocycles. The molecule has 0 N–H and O–H groups in total. The van der Waals surface area contributed by atoms with Gasteiger partial charge in [0.1, 0.15) is 5.75 Å². The molecule has 0 radical (unpaired) electrons. The standard InChI is InChI=1S/C42H54N4O3S/c1-7-8-9-10-11-22-49-36-18-16-32(17-19-36)35-25-43-40(44-26-35)33-14-12-30(13-15-33)23-34(41(48)46-28-31(29-46)27-45(5)6)24-37(47)38-20-21-39(50-38)42(2,3)4/h12-21,25-26,31,34H,7-11,22-24,27-29H2,1-6H3/t34-/m1/s1. The zero-order valence-corrected chi connectivity index (χ0v) is 31.6. The molecule has 3 heterocycles. The van der Waals surface area contributed by atoms with Gasteiger partial charge >= 0.3 is 0 Å². The molecule has 0 saturated carbocycles. The molecule has 1 aliphatic rings. The number of aromatic nitrogens is 2. The van der Waals surface area contributed by atoms with Crippen LogP contribution >= 0.6 is 11.3 Å². The quantitative estimate of drug-likeness (QED) is 0.0812. The van der Waals surface area contributed by atoms with E-state index < -0.39 is 5.92 Å². The molecule has 1 atom stereocenters. The zero-order valence-electron chi connectivity index (χ0n) is 30.8. The summed E-state index contributed by atoms with van der Waals surface area (Å²) in [6.45, 7) is 11.9. The fraction of sp³-hybridized carbons (Fsp3) is 0.476. The summed E-state index contributed by atoms with van der Waals surface area (Å²) in [7, 11) is 4.13. The molecule has 8 heteroatoms. The van der Waals surface area contributed by atoms with Crippen LogP contribution in [0.2, 0.25) is 0 Å². The highest BCUT2D eigenvalue weighted by atomic mass is 32.1. The lowest BCUT2D eigenvalue weighted by atomic mass is 9.89. The van der Waals surface area contributed by atoms with Crippen molar-refractivity contribution in [2.45, 2.75) is 78.1 Å². The second kappa shape index (κ2) is 17.4. The van der Waals surface area contributed by atoms with E-state index >= 15 is 0 Å². The largest absolute Gasteiger partial charge is 0.494 e. The number of benzene rings is 2. The van der Waals surface area contributed by atoms with Crippen molar-refractivity contribution in [3.05, 3.63) is 88.4 Å². The molecule has 7 nitrogen and oxygen atoms in total. The maximum Gasteiger partial charge on any atom is 0.226 e. The van der Waals surface area contributed by atoms with E-state index in [-0.39, 0.29) is 23.5 Å². The predicted octanol–water partition coefficient (Wildman–Crippen LogP) is 8.97. The van der Waals surface area contributed by atoms with Crippen LogP contribution in [0.1, 0.15) is 86.3 Å². The molecule has 4 aromatic rings. The summed E-state index contributed by atoms with van der Waals surface area (Å²) in [6.07, 6.45) is 10.5. The molecule has 2 aromatic carbocycles. The van der Waals surface area contributed by atoms with E-state index in [1.165, 1.54) is 30.6 Å². The van der Waals surface area contributed by atoms with Gasteiger partial charge in [0, 0.05) is 66.3 Å². The summed E-state index contributed by atoms with van der Waals surface area (Å²) in [5.41, 5.74) is 3.90. The number of unbranched alkanes of at least 4 members (excludes halogenated alkanes) is 4. The Balaban J connectivity index is 1.21. The first-order valence-electron chi connectivity index (χ1n) is 18.2. The van der Waals surface area contributed by atoms with E-state index in [4.69, 9.17) is 4.74 Å². The van der Waals surface area contributed by atoms with Crippen molar-refractivity contribution in [2.75, 3.05) is 40.3 Å². The van der Waals surface area contributed by atoms with Crippen molar-refractivity contribution in [3.63, 3.8) is 0 Å². The summed E-state index contributed by atoms with van der Waals surface area (Å²) in [4.78, 5) is 42.6. The van der Waals surface area contributed by atoms with Gasteiger partial charge in [-0.05, 0) is 67.7 Å². The molecule has 1 amide bonds. The number of carbonyl (C=O) groups is 2. The smallest absolute Gasteiger partial charge is 0.226 e. The number of Topliss-reactive ketones (excluding diaryl/α,β-unsaturated/α-hetero) is 1. The molecule has 0 spiro atoms. The van der Waals surface area contributed by atoms with Crippen LogP contribution in [-0.2, 0) is 16.6 Å². The van der Waals surface area contributed by atoms with Crippen molar-refractivity contribution in [1.29, 1.82) is 0 Å². The lowest BCUT2D eigenvalue weighted by Gasteiger charge is -2.42. The molecule has 0 aliphatic carbocycles. The van der Waals surface area contributed by atoms with E-state index in [1.54, 1.807) is 11.3 Å². The maximum atomic E-state index is 13.8. The Morgan fingerprint density at radius 1 is 0.880 bits per heavy atom. The third-order valence-electron chi connectivity index (χ3n) is 9.34. The first-order chi connectivity index (χ1) is 24.0. The fourth-order valence-electron chi connectivity index (χ4n) is 6.44. The molecule has 2 aromatic heterocycles. The summed E-state index contributed by atoms with van der Waals surface area (Å²) in [5.74, 6) is 1.71. The highest BCUT2D eigenvalue weighted by Gasteiger charge is 2.36. The number of carbonyl (C=O) groups excluding carboxylic acids is 2. The molecular weight excluding hydrogens is 641 g/mol. The first-order valence-corrected chi connectivity index (χ1v) is 19.0. The minimum atomic E-state index is -0.410. The number of likely N-dealkylation sites (tertiary alicyclic amines) is 1. The number of hydrogen-bond donors (Lipinski definition) is 0. The SMILES string of the molecule is CCCCCCCOc1ccc(-c2cnc(-c3ccc(C[C@H](CC(=O)c4ccc(C(C)(C)C)s4)C(=O)N4CC(CN(C)C)C4)cc3)nc2)cc1. The maximum absolute atomic E-state index is 13.8. The summed E-state index contributed by atoms with van der Waals surface area (Å²) in [6, 6.07) is 20.2. The summed E-state index contributed by atoms with van der Waals surface area (Å²) in [5, 5.41) is 0. The van der Waals surface area contributed by atoms with Gasteiger partial charge in [-0.15, -0.1) is 11.3 Å². The molecular formula is C42H54N4O3S. The van der Waals surface area contributed by atoms with Crippen LogP contribution in [0.5, 0.6) is 5.75 Å². The Morgan fingerprint density at radius 2 is 1.54 bits per heavy atom. The lowest BCUT2D eigenvalue weighted by Crippen LogP contribution is -2.55. The Hall–Kier alpha value is -3.88. The zero-order chi connectivity index (χ0) is 35.7. The molecule has 1 aliphatic heterocycles. The number of ether oxygens (including phenoxy) is 1. The molecule has 266 valence electrons. The number of nitrogens with zero attached hydrogens (tertiary/aromatic N) is 4. The summed E-state index contributed by atoms with van der Waals surface area (Å²) < 4.78 is 5.92. The minimum absolute atomic E-state index is 0.0169. The monoisotopic (exact) mass is 694 g/mol. The van der Waals surface area contributed by atoms with Crippen molar-refractivity contribution in [1.82, 2.24) is 19.8 Å². The van der Waals surface area contributed by atoms with Gasteiger partial charge in [0.15, 0.2) is 11.6 Å². The molecule has 1 fully saturated rings. The van der Waals surface area contributed by atoms with Gasteiger partial charge < -0.3 is 14.5 Å². The van der Waals surface area contributed by atoms with Crippen LogP contribution in [0.3, 0.4) is 0 Å².